The highest BCUT2D eigenvalue weighted by atomic mass is 19.1. The molecule has 0 amide bonds. The molecule has 1 aliphatic carbocycles. The topological polar surface area (TPSA) is 58.9 Å². The van der Waals surface area contributed by atoms with Crippen LogP contribution in [0, 0.1) is 5.82 Å². The van der Waals surface area contributed by atoms with E-state index in [2.05, 4.69) is 15.0 Å². The van der Waals surface area contributed by atoms with Crippen molar-refractivity contribution in [3.8, 4) is 0 Å². The number of piperazine rings is 1. The fourth-order valence-corrected chi connectivity index (χ4v) is 5.25. The summed E-state index contributed by atoms with van der Waals surface area (Å²) in [6, 6.07) is 23.3. The second-order valence-corrected chi connectivity index (χ2v) is 10.2. The van der Waals surface area contributed by atoms with Crippen molar-refractivity contribution in [3.05, 3.63) is 112 Å². The van der Waals surface area contributed by atoms with E-state index in [0.717, 1.165) is 55.7 Å². The van der Waals surface area contributed by atoms with Crippen LogP contribution in [0.2, 0.25) is 0 Å². The van der Waals surface area contributed by atoms with Crippen molar-refractivity contribution >= 4 is 22.8 Å². The number of nitrogens with one attached hydrogen (secondary N) is 1. The van der Waals surface area contributed by atoms with Gasteiger partial charge in [0.25, 0.3) is 0 Å². The maximum atomic E-state index is 15.3. The lowest BCUT2D eigenvalue weighted by Gasteiger charge is -2.30. The average molecular weight is 511 g/mol. The number of hydrogen-bond donors (Lipinski definition) is 1. The Kier molecular flexibility index (Phi) is 6.45. The largest absolute Gasteiger partial charge is 0.380 e. The van der Waals surface area contributed by atoms with Gasteiger partial charge in [-0.2, -0.15) is 0 Å². The van der Waals surface area contributed by atoms with E-state index in [1.165, 1.54) is 12.3 Å². The molecule has 1 aliphatic heterocycles. The third-order valence-electron chi connectivity index (χ3n) is 7.60. The summed E-state index contributed by atoms with van der Waals surface area (Å²) >= 11 is 0. The minimum absolute atomic E-state index is 0.254. The fourth-order valence-electron chi connectivity index (χ4n) is 5.25. The molecule has 1 saturated heterocycles. The first kappa shape index (κ1) is 24.4. The summed E-state index contributed by atoms with van der Waals surface area (Å²) in [5.74, 6) is -0.370. The Balaban J connectivity index is 1.38. The van der Waals surface area contributed by atoms with Crippen molar-refractivity contribution in [2.24, 2.45) is 5.16 Å². The molecule has 0 radical (unpaired) electrons. The summed E-state index contributed by atoms with van der Waals surface area (Å²) in [4.78, 5) is 21.7. The van der Waals surface area contributed by atoms with Crippen LogP contribution in [0.3, 0.4) is 0 Å². The molecule has 194 valence electrons. The van der Waals surface area contributed by atoms with Crippen LogP contribution in [0.5, 0.6) is 0 Å². The first-order valence-electron chi connectivity index (χ1n) is 13.2. The molecular weight excluding hydrogens is 479 g/mol. The summed E-state index contributed by atoms with van der Waals surface area (Å²) in [6.45, 7) is 5.06. The Morgan fingerprint density at radius 2 is 1.63 bits per heavy atom. The van der Waals surface area contributed by atoms with Crippen molar-refractivity contribution in [2.75, 3.05) is 31.1 Å². The zero-order valence-corrected chi connectivity index (χ0v) is 21.4. The average Bonchev–Trinajstić information content (AvgIpc) is 3.81. The molecule has 0 spiro atoms. The second kappa shape index (κ2) is 10.1. The van der Waals surface area contributed by atoms with E-state index < -0.39 is 5.60 Å². The highest BCUT2D eigenvalue weighted by Gasteiger charge is 2.32. The number of rotatable bonds is 7. The van der Waals surface area contributed by atoms with E-state index in [1.54, 1.807) is 0 Å². The van der Waals surface area contributed by atoms with Crippen LogP contribution in [0.25, 0.3) is 10.9 Å². The summed E-state index contributed by atoms with van der Waals surface area (Å²) in [5, 5.41) is 7.99. The standard InChI is InChI=1S/C31H31FN4O2/c1-31(23-8-4-2-5-9-23,24-10-6-3-7-11-24)38-34-20-22-21-36(25-12-13-25)28-19-29(35-16-14-33-15-17-35)27(32)18-26(28)30(22)37/h2-11,18-21,25,33H,12-17H2,1H3/b34-20+. The summed E-state index contributed by atoms with van der Waals surface area (Å²) < 4.78 is 17.4. The third kappa shape index (κ3) is 4.58. The highest BCUT2D eigenvalue weighted by Crippen LogP contribution is 2.38. The van der Waals surface area contributed by atoms with Gasteiger partial charge in [0.2, 0.25) is 0 Å². The van der Waals surface area contributed by atoms with E-state index >= 15 is 4.39 Å². The van der Waals surface area contributed by atoms with Crippen molar-refractivity contribution in [1.82, 2.24) is 9.88 Å². The summed E-state index contributed by atoms with van der Waals surface area (Å²) in [6.07, 6.45) is 5.38. The molecule has 0 unspecified atom stereocenters. The number of fused-ring (bicyclic) bond motifs is 1. The van der Waals surface area contributed by atoms with Gasteiger partial charge in [0.15, 0.2) is 11.0 Å². The van der Waals surface area contributed by atoms with Crippen LogP contribution < -0.4 is 15.6 Å². The molecule has 38 heavy (non-hydrogen) atoms. The van der Waals surface area contributed by atoms with Gasteiger partial charge < -0.3 is 19.6 Å². The molecule has 2 aliphatic rings. The number of halogens is 1. The second-order valence-electron chi connectivity index (χ2n) is 10.2. The van der Waals surface area contributed by atoms with Gasteiger partial charge in [0.1, 0.15) is 5.82 Å². The zero-order chi connectivity index (χ0) is 26.1. The van der Waals surface area contributed by atoms with Crippen LogP contribution in [-0.4, -0.2) is 37.0 Å². The van der Waals surface area contributed by atoms with E-state index in [0.29, 0.717) is 22.7 Å². The zero-order valence-electron chi connectivity index (χ0n) is 21.4. The van der Waals surface area contributed by atoms with Crippen LogP contribution in [0.4, 0.5) is 10.1 Å². The maximum Gasteiger partial charge on any atom is 0.198 e. The molecular formula is C31H31FN4O2. The van der Waals surface area contributed by atoms with Gasteiger partial charge in [0, 0.05) is 54.9 Å². The molecule has 1 saturated carbocycles. The number of hydrogen-bond acceptors (Lipinski definition) is 5. The molecule has 1 aromatic heterocycles. The van der Waals surface area contributed by atoms with Crippen LogP contribution in [0.1, 0.15) is 42.5 Å². The SMILES string of the molecule is CC(O/N=C/c1cn(C2CC2)c2cc(N3CCNCC3)c(F)cc2c1=O)(c1ccccc1)c1ccccc1. The van der Waals surface area contributed by atoms with E-state index in [4.69, 9.17) is 4.84 Å². The number of aromatic nitrogens is 1. The Labute approximate surface area is 221 Å². The van der Waals surface area contributed by atoms with Crippen molar-refractivity contribution in [2.45, 2.75) is 31.4 Å². The monoisotopic (exact) mass is 510 g/mol. The van der Waals surface area contributed by atoms with Gasteiger partial charge in [-0.15, -0.1) is 0 Å². The van der Waals surface area contributed by atoms with Crippen molar-refractivity contribution in [1.29, 1.82) is 0 Å². The van der Waals surface area contributed by atoms with Gasteiger partial charge in [-0.05, 0) is 31.9 Å². The molecule has 1 N–H and O–H groups in total. The Morgan fingerprint density at radius 3 is 2.24 bits per heavy atom. The predicted molar refractivity (Wildman–Crippen MR) is 150 cm³/mol. The van der Waals surface area contributed by atoms with Crippen molar-refractivity contribution < 1.29 is 9.23 Å². The van der Waals surface area contributed by atoms with Crippen LogP contribution in [0.15, 0.2) is 88.9 Å². The van der Waals surface area contributed by atoms with E-state index in [1.807, 2.05) is 84.8 Å². The molecule has 2 heterocycles. The fraction of sp³-hybridized carbons (Fsp3) is 0.290. The molecule has 6 nitrogen and oxygen atoms in total. The number of benzene rings is 3. The van der Waals surface area contributed by atoms with Gasteiger partial charge in [-0.25, -0.2) is 4.39 Å². The van der Waals surface area contributed by atoms with Crippen LogP contribution >= 0.6 is 0 Å². The highest BCUT2D eigenvalue weighted by molar-refractivity contribution is 5.90. The predicted octanol–water partition coefficient (Wildman–Crippen LogP) is 5.20. The first-order valence-corrected chi connectivity index (χ1v) is 13.2. The molecule has 4 aromatic rings. The number of oxime groups is 1. The van der Waals surface area contributed by atoms with Gasteiger partial charge in [0.05, 0.1) is 23.0 Å². The molecule has 2 fully saturated rings. The summed E-state index contributed by atoms with van der Waals surface area (Å²) in [7, 11) is 0. The van der Waals surface area contributed by atoms with Gasteiger partial charge in [-0.3, -0.25) is 4.79 Å². The smallest absolute Gasteiger partial charge is 0.198 e. The Bertz CT molecular complexity index is 1490. The maximum absolute atomic E-state index is 15.3. The Morgan fingerprint density at radius 1 is 1.00 bits per heavy atom. The molecule has 3 aromatic carbocycles. The van der Waals surface area contributed by atoms with Crippen molar-refractivity contribution in [3.63, 3.8) is 0 Å². The molecule has 7 heteroatoms. The minimum Gasteiger partial charge on any atom is -0.380 e. The number of anilines is 1. The number of nitrogens with zero attached hydrogens (tertiary/aromatic N) is 3. The molecule has 0 atom stereocenters. The molecule has 6 rings (SSSR count). The third-order valence-corrected chi connectivity index (χ3v) is 7.60. The summed E-state index contributed by atoms with van der Waals surface area (Å²) in [5.41, 5.74) is 2.48. The lowest BCUT2D eigenvalue weighted by atomic mass is 9.88. The van der Waals surface area contributed by atoms with E-state index in [9.17, 15) is 4.79 Å². The number of pyridine rings is 1. The lowest BCUT2D eigenvalue weighted by Crippen LogP contribution is -2.43. The normalized spacial score (nSPS) is 16.3. The van der Waals surface area contributed by atoms with Crippen LogP contribution in [-0.2, 0) is 10.4 Å². The van der Waals surface area contributed by atoms with E-state index in [-0.39, 0.29) is 11.2 Å². The quantitative estimate of drug-likeness (QED) is 0.274. The van der Waals surface area contributed by atoms with Gasteiger partial charge >= 0.3 is 0 Å². The first-order chi connectivity index (χ1) is 18.5. The lowest BCUT2D eigenvalue weighted by molar-refractivity contribution is 0.000678. The van der Waals surface area contributed by atoms with Gasteiger partial charge in [-0.1, -0.05) is 65.8 Å². The Hall–Kier alpha value is -3.97. The molecule has 0 bridgehead atoms. The minimum atomic E-state index is -0.851.